The van der Waals surface area contributed by atoms with E-state index in [0.29, 0.717) is 6.42 Å². The summed E-state index contributed by atoms with van der Waals surface area (Å²) < 4.78 is 6.38. The molecular formula is C17H20BrNO2. The molecule has 0 saturated heterocycles. The number of halogens is 1. The van der Waals surface area contributed by atoms with Crippen molar-refractivity contribution in [2.75, 3.05) is 7.11 Å². The minimum Gasteiger partial charge on any atom is -0.496 e. The maximum atomic E-state index is 10.5. The molecule has 1 heterocycles. The summed E-state index contributed by atoms with van der Waals surface area (Å²) in [5.41, 5.74) is 4.85. The third-order valence-electron chi connectivity index (χ3n) is 3.74. The van der Waals surface area contributed by atoms with Crippen molar-refractivity contribution in [1.82, 2.24) is 4.98 Å². The molecule has 2 aromatic rings. The lowest BCUT2D eigenvalue weighted by Crippen LogP contribution is -2.08. The molecule has 0 fully saturated rings. The van der Waals surface area contributed by atoms with Crippen molar-refractivity contribution in [1.29, 1.82) is 0 Å². The van der Waals surface area contributed by atoms with E-state index in [1.165, 1.54) is 0 Å². The molecular weight excluding hydrogens is 330 g/mol. The molecule has 0 saturated carbocycles. The number of benzene rings is 1. The second-order valence-corrected chi connectivity index (χ2v) is 6.18. The van der Waals surface area contributed by atoms with Gasteiger partial charge in [0.1, 0.15) is 5.75 Å². The topological polar surface area (TPSA) is 42.4 Å². The molecule has 0 bridgehead atoms. The van der Waals surface area contributed by atoms with Gasteiger partial charge in [-0.3, -0.25) is 4.98 Å². The number of aryl methyl sites for hydroxylation is 2. The third kappa shape index (κ3) is 3.44. The number of hydrogen-bond acceptors (Lipinski definition) is 3. The van der Waals surface area contributed by atoms with Crippen molar-refractivity contribution in [3.63, 3.8) is 0 Å². The van der Waals surface area contributed by atoms with Gasteiger partial charge < -0.3 is 9.84 Å². The lowest BCUT2D eigenvalue weighted by molar-refractivity contribution is 0.176. The number of hydrogen-bond donors (Lipinski definition) is 1. The molecule has 1 N–H and O–H groups in total. The number of aliphatic hydroxyl groups is 1. The lowest BCUT2D eigenvalue weighted by Gasteiger charge is -2.17. The first-order valence-corrected chi connectivity index (χ1v) is 7.66. The summed E-state index contributed by atoms with van der Waals surface area (Å²) >= 11 is 3.45. The second-order valence-electron chi connectivity index (χ2n) is 5.27. The molecule has 2 rings (SSSR count). The molecule has 0 amide bonds. The first-order valence-electron chi connectivity index (χ1n) is 6.87. The van der Waals surface area contributed by atoms with Crippen LogP contribution in [-0.2, 0) is 6.42 Å². The SMILES string of the molecule is COc1c(C)cnc(CC(O)c2cc(Br)ccc2C)c1C. The van der Waals surface area contributed by atoms with E-state index in [2.05, 4.69) is 20.9 Å². The number of aromatic nitrogens is 1. The average Bonchev–Trinajstić information content (AvgIpc) is 2.45. The second kappa shape index (κ2) is 6.58. The first-order chi connectivity index (χ1) is 9.93. The van der Waals surface area contributed by atoms with Gasteiger partial charge in [-0.25, -0.2) is 0 Å². The number of aliphatic hydroxyl groups excluding tert-OH is 1. The third-order valence-corrected chi connectivity index (χ3v) is 4.23. The fraction of sp³-hybridized carbons (Fsp3) is 0.353. The highest BCUT2D eigenvalue weighted by atomic mass is 79.9. The van der Waals surface area contributed by atoms with Gasteiger partial charge in [0.2, 0.25) is 0 Å². The molecule has 0 radical (unpaired) electrons. The minimum atomic E-state index is -0.582. The van der Waals surface area contributed by atoms with Gasteiger partial charge in [0.05, 0.1) is 13.2 Å². The van der Waals surface area contributed by atoms with Crippen molar-refractivity contribution in [2.45, 2.75) is 33.3 Å². The number of ether oxygens (including phenoxy) is 1. The Balaban J connectivity index is 2.32. The monoisotopic (exact) mass is 349 g/mol. The molecule has 21 heavy (non-hydrogen) atoms. The highest BCUT2D eigenvalue weighted by Crippen LogP contribution is 2.29. The van der Waals surface area contributed by atoms with Crippen molar-refractivity contribution in [3.8, 4) is 5.75 Å². The van der Waals surface area contributed by atoms with E-state index in [4.69, 9.17) is 4.74 Å². The molecule has 1 atom stereocenters. The van der Waals surface area contributed by atoms with E-state index in [-0.39, 0.29) is 0 Å². The van der Waals surface area contributed by atoms with Crippen LogP contribution >= 0.6 is 15.9 Å². The van der Waals surface area contributed by atoms with Gasteiger partial charge in [-0.15, -0.1) is 0 Å². The van der Waals surface area contributed by atoms with Crippen LogP contribution in [-0.4, -0.2) is 17.2 Å². The van der Waals surface area contributed by atoms with E-state index < -0.39 is 6.10 Å². The Kier molecular flexibility index (Phi) is 5.01. The predicted molar refractivity (Wildman–Crippen MR) is 87.8 cm³/mol. The Hall–Kier alpha value is -1.39. The van der Waals surface area contributed by atoms with Crippen LogP contribution in [0.15, 0.2) is 28.9 Å². The molecule has 0 aliphatic heterocycles. The van der Waals surface area contributed by atoms with Crippen molar-refractivity contribution in [2.24, 2.45) is 0 Å². The van der Waals surface area contributed by atoms with E-state index in [0.717, 1.165) is 38.2 Å². The van der Waals surface area contributed by atoms with Gasteiger partial charge >= 0.3 is 0 Å². The number of pyridine rings is 1. The van der Waals surface area contributed by atoms with Crippen LogP contribution in [0.5, 0.6) is 5.75 Å². The molecule has 0 spiro atoms. The quantitative estimate of drug-likeness (QED) is 0.905. The first kappa shape index (κ1) is 16.0. The largest absolute Gasteiger partial charge is 0.496 e. The van der Waals surface area contributed by atoms with E-state index in [1.807, 2.05) is 39.0 Å². The molecule has 4 heteroatoms. The summed E-state index contributed by atoms with van der Waals surface area (Å²) in [6.45, 7) is 5.95. The van der Waals surface area contributed by atoms with Gasteiger partial charge in [0, 0.05) is 33.9 Å². The summed E-state index contributed by atoms with van der Waals surface area (Å²) in [7, 11) is 1.66. The van der Waals surface area contributed by atoms with Crippen molar-refractivity contribution < 1.29 is 9.84 Å². The molecule has 0 aliphatic rings. The zero-order valence-corrected chi connectivity index (χ0v) is 14.4. The predicted octanol–water partition coefficient (Wildman–Crippen LogP) is 4.05. The Morgan fingerprint density at radius 1 is 1.24 bits per heavy atom. The van der Waals surface area contributed by atoms with Crippen LogP contribution < -0.4 is 4.74 Å². The number of nitrogens with zero attached hydrogens (tertiary/aromatic N) is 1. The minimum absolute atomic E-state index is 0.472. The molecule has 3 nitrogen and oxygen atoms in total. The van der Waals surface area contributed by atoms with E-state index >= 15 is 0 Å². The summed E-state index contributed by atoms with van der Waals surface area (Å²) in [6, 6.07) is 5.93. The highest BCUT2D eigenvalue weighted by Gasteiger charge is 2.16. The summed E-state index contributed by atoms with van der Waals surface area (Å²) in [4.78, 5) is 4.45. The summed E-state index contributed by atoms with van der Waals surface area (Å²) in [5.74, 6) is 0.846. The summed E-state index contributed by atoms with van der Waals surface area (Å²) in [5, 5.41) is 10.5. The number of methoxy groups -OCH3 is 1. The Morgan fingerprint density at radius 2 is 1.95 bits per heavy atom. The zero-order valence-electron chi connectivity index (χ0n) is 12.8. The van der Waals surface area contributed by atoms with Crippen LogP contribution in [0.4, 0.5) is 0 Å². The van der Waals surface area contributed by atoms with Crippen LogP contribution in [0.2, 0.25) is 0 Å². The van der Waals surface area contributed by atoms with Gasteiger partial charge in [-0.1, -0.05) is 22.0 Å². The van der Waals surface area contributed by atoms with Gasteiger partial charge in [-0.2, -0.15) is 0 Å². The van der Waals surface area contributed by atoms with Crippen molar-refractivity contribution >= 4 is 15.9 Å². The van der Waals surface area contributed by atoms with Gasteiger partial charge in [0.25, 0.3) is 0 Å². The Morgan fingerprint density at radius 3 is 2.62 bits per heavy atom. The lowest BCUT2D eigenvalue weighted by atomic mass is 9.98. The Labute approximate surface area is 134 Å². The Bertz CT molecular complexity index is 655. The normalized spacial score (nSPS) is 12.3. The standard InChI is InChI=1S/C17H20BrNO2/c1-10-5-6-13(18)7-14(10)16(20)8-15-12(3)17(21-4)11(2)9-19-15/h5-7,9,16,20H,8H2,1-4H3. The van der Waals surface area contributed by atoms with Crippen LogP contribution in [0, 0.1) is 20.8 Å². The molecule has 1 aromatic heterocycles. The smallest absolute Gasteiger partial charge is 0.128 e. The van der Waals surface area contributed by atoms with Crippen molar-refractivity contribution in [3.05, 3.63) is 56.8 Å². The maximum Gasteiger partial charge on any atom is 0.128 e. The van der Waals surface area contributed by atoms with E-state index in [9.17, 15) is 5.11 Å². The summed E-state index contributed by atoms with van der Waals surface area (Å²) in [6.07, 6.45) is 1.68. The van der Waals surface area contributed by atoms with E-state index in [1.54, 1.807) is 13.3 Å². The fourth-order valence-corrected chi connectivity index (χ4v) is 2.92. The van der Waals surface area contributed by atoms with Gasteiger partial charge in [-0.05, 0) is 44.0 Å². The highest BCUT2D eigenvalue weighted by molar-refractivity contribution is 9.10. The van der Waals surface area contributed by atoms with Crippen LogP contribution in [0.25, 0.3) is 0 Å². The fourth-order valence-electron chi connectivity index (χ4n) is 2.54. The van der Waals surface area contributed by atoms with Gasteiger partial charge in [0.15, 0.2) is 0 Å². The molecule has 1 aromatic carbocycles. The molecule has 0 aliphatic carbocycles. The molecule has 112 valence electrons. The van der Waals surface area contributed by atoms with Crippen LogP contribution in [0.3, 0.4) is 0 Å². The zero-order chi connectivity index (χ0) is 15.6. The van der Waals surface area contributed by atoms with Crippen LogP contribution in [0.1, 0.15) is 34.1 Å². The average molecular weight is 350 g/mol. The number of rotatable bonds is 4. The maximum absolute atomic E-state index is 10.5. The molecule has 1 unspecified atom stereocenters.